The molecule has 0 unspecified atom stereocenters. The van der Waals surface area contributed by atoms with Crippen LogP contribution in [0.1, 0.15) is 5.56 Å². The zero-order valence-corrected chi connectivity index (χ0v) is 11.5. The first-order valence-electron chi connectivity index (χ1n) is 6.06. The molecule has 2 heterocycles. The predicted octanol–water partition coefficient (Wildman–Crippen LogP) is 1.68. The second-order valence-electron chi connectivity index (χ2n) is 4.10. The van der Waals surface area contributed by atoms with E-state index >= 15 is 0 Å². The van der Waals surface area contributed by atoms with Crippen LogP contribution in [0.15, 0.2) is 36.7 Å². The smallest absolute Gasteiger partial charge is 0.232 e. The van der Waals surface area contributed by atoms with Gasteiger partial charge in [0.2, 0.25) is 18.0 Å². The summed E-state index contributed by atoms with van der Waals surface area (Å²) >= 11 is 5.99. The van der Waals surface area contributed by atoms with E-state index in [-0.39, 0.29) is 11.1 Å². The van der Waals surface area contributed by atoms with Crippen molar-refractivity contribution >= 4 is 35.1 Å². The monoisotopic (exact) mass is 303 g/mol. The summed E-state index contributed by atoms with van der Waals surface area (Å²) in [5.41, 5.74) is 1.79. The number of carbonyl (C=O) groups is 1. The van der Waals surface area contributed by atoms with Gasteiger partial charge in [-0.05, 0) is 5.56 Å². The highest BCUT2D eigenvalue weighted by molar-refractivity contribution is 6.33. The summed E-state index contributed by atoms with van der Waals surface area (Å²) in [6.07, 6.45) is 1.93. The predicted molar refractivity (Wildman–Crippen MR) is 76.7 cm³/mol. The Kier molecular flexibility index (Phi) is 3.65. The molecule has 0 saturated carbocycles. The Hall–Kier alpha value is -2.67. The molecule has 0 aliphatic carbocycles. The van der Waals surface area contributed by atoms with Crippen molar-refractivity contribution in [1.29, 1.82) is 0 Å². The van der Waals surface area contributed by atoms with Crippen LogP contribution in [-0.2, 0) is 11.4 Å². The minimum atomic E-state index is 0.0903. The largest absolute Gasteiger partial charge is 0.406 e. The second-order valence-corrected chi connectivity index (χ2v) is 4.46. The maximum atomic E-state index is 10.5. The molecule has 3 rings (SSSR count). The maximum Gasteiger partial charge on any atom is 0.232 e. The standard InChI is InChI=1S/C13H10ClN5O2/c14-11-10-12(18-13(17-11)16-8-20)19(7-15-10)21-6-9-4-2-1-3-5-9/h1-5,7-8H,6H2,(H,16,17,18,20). The Bertz CT molecular complexity index is 775. The first kappa shape index (κ1) is 13.3. The molecule has 21 heavy (non-hydrogen) atoms. The number of nitrogens with zero attached hydrogens (tertiary/aromatic N) is 4. The highest BCUT2D eigenvalue weighted by atomic mass is 35.5. The first-order valence-corrected chi connectivity index (χ1v) is 6.43. The fraction of sp³-hybridized carbons (Fsp3) is 0.0769. The van der Waals surface area contributed by atoms with E-state index in [1.165, 1.54) is 11.1 Å². The van der Waals surface area contributed by atoms with Crippen LogP contribution in [0, 0.1) is 0 Å². The van der Waals surface area contributed by atoms with Gasteiger partial charge in [-0.1, -0.05) is 41.9 Å². The topological polar surface area (TPSA) is 81.9 Å². The summed E-state index contributed by atoms with van der Waals surface area (Å²) in [7, 11) is 0. The number of amides is 1. The van der Waals surface area contributed by atoms with Gasteiger partial charge in [-0.15, -0.1) is 0 Å². The summed E-state index contributed by atoms with van der Waals surface area (Å²) in [5.74, 6) is 0.0903. The molecule has 1 amide bonds. The molecular weight excluding hydrogens is 294 g/mol. The molecule has 1 aromatic carbocycles. The lowest BCUT2D eigenvalue weighted by Crippen LogP contribution is -2.11. The fourth-order valence-corrected chi connectivity index (χ4v) is 1.99. The van der Waals surface area contributed by atoms with Gasteiger partial charge in [0.1, 0.15) is 18.5 Å². The number of hydrogen-bond donors (Lipinski definition) is 1. The highest BCUT2D eigenvalue weighted by Gasteiger charge is 2.12. The number of halogens is 1. The average Bonchev–Trinajstić information content (AvgIpc) is 2.90. The van der Waals surface area contributed by atoms with Crippen LogP contribution in [0.25, 0.3) is 11.2 Å². The van der Waals surface area contributed by atoms with E-state index in [1.54, 1.807) is 0 Å². The maximum absolute atomic E-state index is 10.5. The number of anilines is 1. The van der Waals surface area contributed by atoms with Crippen molar-refractivity contribution in [3.63, 3.8) is 0 Å². The normalized spacial score (nSPS) is 10.5. The number of carbonyl (C=O) groups excluding carboxylic acids is 1. The highest BCUT2D eigenvalue weighted by Crippen LogP contribution is 2.19. The lowest BCUT2D eigenvalue weighted by atomic mass is 10.2. The van der Waals surface area contributed by atoms with Gasteiger partial charge in [-0.3, -0.25) is 10.1 Å². The van der Waals surface area contributed by atoms with Gasteiger partial charge in [0.25, 0.3) is 0 Å². The van der Waals surface area contributed by atoms with Gasteiger partial charge in [0, 0.05) is 0 Å². The van der Waals surface area contributed by atoms with Crippen LogP contribution in [0.2, 0.25) is 5.15 Å². The molecule has 0 bridgehead atoms. The van der Waals surface area contributed by atoms with Crippen LogP contribution < -0.4 is 10.2 Å². The number of aromatic nitrogens is 4. The lowest BCUT2D eigenvalue weighted by molar-refractivity contribution is -0.105. The SMILES string of the molecule is O=CNc1nc(Cl)c2ncn(OCc3ccccc3)c2n1. The summed E-state index contributed by atoms with van der Waals surface area (Å²) in [6, 6.07) is 9.67. The molecule has 0 saturated heterocycles. The second kappa shape index (κ2) is 5.76. The van der Waals surface area contributed by atoms with Crippen molar-refractivity contribution in [3.8, 4) is 0 Å². The van der Waals surface area contributed by atoms with Crippen LogP contribution in [0.5, 0.6) is 0 Å². The van der Waals surface area contributed by atoms with Crippen molar-refractivity contribution in [2.75, 3.05) is 5.32 Å². The fourth-order valence-electron chi connectivity index (χ4n) is 1.78. The number of fused-ring (bicyclic) bond motifs is 1. The van der Waals surface area contributed by atoms with E-state index < -0.39 is 0 Å². The van der Waals surface area contributed by atoms with Crippen LogP contribution >= 0.6 is 11.6 Å². The summed E-state index contributed by atoms with van der Waals surface area (Å²) in [5, 5.41) is 2.49. The van der Waals surface area contributed by atoms with Gasteiger partial charge < -0.3 is 4.84 Å². The Balaban J connectivity index is 1.90. The molecule has 0 aliphatic rings. The molecule has 7 nitrogen and oxygen atoms in total. The third kappa shape index (κ3) is 2.77. The molecule has 0 spiro atoms. The molecule has 0 radical (unpaired) electrons. The molecular formula is C13H10ClN5O2. The number of nitrogens with one attached hydrogen (secondary N) is 1. The minimum Gasteiger partial charge on any atom is -0.406 e. The molecule has 8 heteroatoms. The van der Waals surface area contributed by atoms with E-state index in [2.05, 4.69) is 20.3 Å². The molecule has 3 aromatic rings. The Morgan fingerprint density at radius 3 is 2.86 bits per heavy atom. The number of benzene rings is 1. The van der Waals surface area contributed by atoms with E-state index in [4.69, 9.17) is 16.4 Å². The van der Waals surface area contributed by atoms with Gasteiger partial charge in [0.05, 0.1) is 0 Å². The van der Waals surface area contributed by atoms with Crippen LogP contribution in [0.3, 0.4) is 0 Å². The summed E-state index contributed by atoms with van der Waals surface area (Å²) in [4.78, 5) is 28.2. The van der Waals surface area contributed by atoms with Crippen LogP contribution in [0.4, 0.5) is 5.95 Å². The molecule has 1 N–H and O–H groups in total. The number of hydrogen-bond acceptors (Lipinski definition) is 5. The van der Waals surface area contributed by atoms with Gasteiger partial charge in [-0.2, -0.15) is 14.7 Å². The van der Waals surface area contributed by atoms with E-state index in [0.717, 1.165) is 5.56 Å². The molecule has 0 aliphatic heterocycles. The Morgan fingerprint density at radius 1 is 1.29 bits per heavy atom. The number of imidazole rings is 1. The van der Waals surface area contributed by atoms with Crippen molar-refractivity contribution < 1.29 is 9.63 Å². The zero-order valence-electron chi connectivity index (χ0n) is 10.7. The zero-order chi connectivity index (χ0) is 14.7. The Morgan fingerprint density at radius 2 is 2.10 bits per heavy atom. The van der Waals surface area contributed by atoms with Crippen molar-refractivity contribution in [2.45, 2.75) is 6.61 Å². The van der Waals surface area contributed by atoms with E-state index in [9.17, 15) is 4.79 Å². The van der Waals surface area contributed by atoms with Gasteiger partial charge >= 0.3 is 0 Å². The Labute approximate surface area is 124 Å². The van der Waals surface area contributed by atoms with Crippen LogP contribution in [-0.4, -0.2) is 26.1 Å². The van der Waals surface area contributed by atoms with Crippen molar-refractivity contribution in [3.05, 3.63) is 47.4 Å². The van der Waals surface area contributed by atoms with Gasteiger partial charge in [0.15, 0.2) is 5.15 Å². The van der Waals surface area contributed by atoms with E-state index in [0.29, 0.717) is 24.2 Å². The third-order valence-corrected chi connectivity index (χ3v) is 2.99. The third-order valence-electron chi connectivity index (χ3n) is 2.72. The molecule has 2 aromatic heterocycles. The average molecular weight is 304 g/mol. The number of rotatable bonds is 5. The van der Waals surface area contributed by atoms with E-state index in [1.807, 2.05) is 30.3 Å². The molecule has 0 atom stereocenters. The van der Waals surface area contributed by atoms with Gasteiger partial charge in [-0.25, -0.2) is 4.98 Å². The molecule has 106 valence electrons. The first-order chi connectivity index (χ1) is 10.3. The van der Waals surface area contributed by atoms with Crippen molar-refractivity contribution in [1.82, 2.24) is 19.7 Å². The summed E-state index contributed by atoms with van der Waals surface area (Å²) < 4.78 is 1.39. The lowest BCUT2D eigenvalue weighted by Gasteiger charge is -2.07. The molecule has 0 fully saturated rings. The minimum absolute atomic E-state index is 0.0903. The van der Waals surface area contributed by atoms with Crippen molar-refractivity contribution in [2.24, 2.45) is 0 Å². The summed E-state index contributed by atoms with van der Waals surface area (Å²) in [6.45, 7) is 0.352. The quantitative estimate of drug-likeness (QED) is 0.573.